The van der Waals surface area contributed by atoms with Crippen molar-refractivity contribution in [1.82, 2.24) is 0 Å². The maximum atomic E-state index is 11.6. The van der Waals surface area contributed by atoms with E-state index in [4.69, 9.17) is 15.5 Å². The summed E-state index contributed by atoms with van der Waals surface area (Å²) in [5, 5.41) is 0. The number of ether oxygens (including phenoxy) is 1. The third-order valence-electron chi connectivity index (χ3n) is 1.50. The van der Waals surface area contributed by atoms with Crippen molar-refractivity contribution in [3.05, 3.63) is 0 Å². The Morgan fingerprint density at radius 1 is 1.50 bits per heavy atom. The Kier molecular flexibility index (Phi) is 4.15. The zero-order chi connectivity index (χ0) is 10.4. The van der Waals surface area contributed by atoms with Gasteiger partial charge in [-0.3, -0.25) is 9.36 Å². The van der Waals surface area contributed by atoms with Crippen LogP contribution in [0.1, 0.15) is 6.42 Å². The van der Waals surface area contributed by atoms with E-state index in [1.54, 1.807) is 0 Å². The second-order valence-corrected chi connectivity index (χ2v) is 4.71. The molecule has 1 rings (SSSR count). The number of carbonyl (C=O) groups is 1. The van der Waals surface area contributed by atoms with Gasteiger partial charge in [0.25, 0.3) is 0 Å². The second-order valence-electron chi connectivity index (χ2n) is 2.65. The zero-order valence-electron chi connectivity index (χ0n) is 7.60. The minimum atomic E-state index is -3.25. The van der Waals surface area contributed by atoms with Crippen LogP contribution in [-0.4, -0.2) is 32.0 Å². The molecule has 0 N–H and O–H groups in total. The van der Waals surface area contributed by atoms with Crippen molar-refractivity contribution in [1.29, 1.82) is 0 Å². The molecule has 78 valence electrons. The van der Waals surface area contributed by atoms with Crippen LogP contribution in [0.15, 0.2) is 0 Å². The van der Waals surface area contributed by atoms with Gasteiger partial charge in [0, 0.05) is 0 Å². The summed E-state index contributed by atoms with van der Waals surface area (Å²) in [6, 6.07) is 0. The summed E-state index contributed by atoms with van der Waals surface area (Å²) in [6.45, 7) is 0.568. The predicted molar refractivity (Wildman–Crippen MR) is 48.8 cm³/mol. The Morgan fingerprint density at radius 3 is 2.71 bits per heavy atom. The van der Waals surface area contributed by atoms with Crippen LogP contribution in [0.2, 0.25) is 0 Å². The average Bonchev–Trinajstić information content (AvgIpc) is 2.15. The Balaban J connectivity index is 2.38. The summed E-state index contributed by atoms with van der Waals surface area (Å²) in [5.41, 5.74) is 0. The highest BCUT2D eigenvalue weighted by Crippen LogP contribution is 2.50. The molecule has 5 nitrogen and oxygen atoms in total. The van der Waals surface area contributed by atoms with Gasteiger partial charge in [-0.25, -0.2) is 0 Å². The lowest BCUT2D eigenvalue weighted by Gasteiger charge is -2.21. The van der Waals surface area contributed by atoms with Crippen molar-refractivity contribution in [2.24, 2.45) is 0 Å². The summed E-state index contributed by atoms with van der Waals surface area (Å²) in [5.74, 6) is 1.47. The van der Waals surface area contributed by atoms with Crippen molar-refractivity contribution in [3.63, 3.8) is 0 Å². The average molecular weight is 218 g/mol. The molecule has 0 unspecified atom stereocenters. The van der Waals surface area contributed by atoms with Gasteiger partial charge in [0.2, 0.25) is 0 Å². The first-order valence-electron chi connectivity index (χ1n) is 4.13. The van der Waals surface area contributed by atoms with Gasteiger partial charge in [0.05, 0.1) is 13.2 Å². The van der Waals surface area contributed by atoms with Crippen LogP contribution >= 0.6 is 7.60 Å². The van der Waals surface area contributed by atoms with E-state index in [1.165, 1.54) is 0 Å². The van der Waals surface area contributed by atoms with E-state index >= 15 is 0 Å². The van der Waals surface area contributed by atoms with Gasteiger partial charge >= 0.3 is 13.6 Å². The third-order valence-corrected chi connectivity index (χ3v) is 3.30. The molecule has 1 fully saturated rings. The van der Waals surface area contributed by atoms with Gasteiger partial charge in [0.1, 0.15) is 6.16 Å². The maximum Gasteiger partial charge on any atom is 0.341 e. The highest BCUT2D eigenvalue weighted by Gasteiger charge is 2.31. The summed E-state index contributed by atoms with van der Waals surface area (Å²) in [7, 11) is -3.25. The van der Waals surface area contributed by atoms with Crippen molar-refractivity contribution in [2.45, 2.75) is 6.42 Å². The molecule has 0 amide bonds. The van der Waals surface area contributed by atoms with Crippen LogP contribution in [-0.2, 0) is 23.1 Å². The molecule has 1 heterocycles. The van der Waals surface area contributed by atoms with E-state index in [9.17, 15) is 9.36 Å². The van der Waals surface area contributed by atoms with Gasteiger partial charge in [-0.05, 0) is 6.42 Å². The highest BCUT2D eigenvalue weighted by molar-refractivity contribution is 7.54. The molecule has 0 saturated carbocycles. The molecule has 0 spiro atoms. The van der Waals surface area contributed by atoms with E-state index in [0.717, 1.165) is 0 Å². The Labute approximate surface area is 82.3 Å². The maximum absolute atomic E-state index is 11.6. The first-order chi connectivity index (χ1) is 6.66. The van der Waals surface area contributed by atoms with Crippen molar-refractivity contribution < 1.29 is 23.1 Å². The molecule has 1 saturated heterocycles. The van der Waals surface area contributed by atoms with Gasteiger partial charge in [0.15, 0.2) is 6.61 Å². The number of hydrogen-bond acceptors (Lipinski definition) is 5. The lowest BCUT2D eigenvalue weighted by Crippen LogP contribution is -2.17. The summed E-state index contributed by atoms with van der Waals surface area (Å²) >= 11 is 0. The fourth-order valence-corrected chi connectivity index (χ4v) is 2.40. The van der Waals surface area contributed by atoms with Gasteiger partial charge < -0.3 is 13.8 Å². The zero-order valence-corrected chi connectivity index (χ0v) is 8.50. The third kappa shape index (κ3) is 3.51. The lowest BCUT2D eigenvalue weighted by atomic mass is 10.5. The predicted octanol–water partition coefficient (Wildman–Crippen LogP) is 0.793. The molecule has 0 radical (unpaired) electrons. The smallest absolute Gasteiger partial charge is 0.341 e. The molecule has 1 aliphatic heterocycles. The van der Waals surface area contributed by atoms with Gasteiger partial charge in [-0.15, -0.1) is 6.42 Å². The normalized spacial score (nSPS) is 19.6. The van der Waals surface area contributed by atoms with Gasteiger partial charge in [-0.2, -0.15) is 0 Å². The van der Waals surface area contributed by atoms with E-state index < -0.39 is 13.6 Å². The van der Waals surface area contributed by atoms with Crippen molar-refractivity contribution >= 4 is 13.6 Å². The first-order valence-corrected chi connectivity index (χ1v) is 5.86. The van der Waals surface area contributed by atoms with E-state index in [0.29, 0.717) is 19.6 Å². The summed E-state index contributed by atoms with van der Waals surface area (Å²) < 4.78 is 26.0. The van der Waals surface area contributed by atoms with Gasteiger partial charge in [-0.1, -0.05) is 5.92 Å². The molecule has 0 aliphatic carbocycles. The number of rotatable bonds is 3. The summed E-state index contributed by atoms with van der Waals surface area (Å²) in [4.78, 5) is 11.0. The van der Waals surface area contributed by atoms with Crippen molar-refractivity contribution in [2.75, 3.05) is 26.0 Å². The van der Waals surface area contributed by atoms with Crippen molar-refractivity contribution in [3.8, 4) is 12.3 Å². The van der Waals surface area contributed by atoms with E-state index in [2.05, 4.69) is 10.7 Å². The van der Waals surface area contributed by atoms with E-state index in [-0.39, 0.29) is 12.8 Å². The quantitative estimate of drug-likeness (QED) is 0.398. The van der Waals surface area contributed by atoms with Crippen LogP contribution in [0.4, 0.5) is 0 Å². The number of esters is 1. The Morgan fingerprint density at radius 2 is 2.14 bits per heavy atom. The molecule has 1 aliphatic rings. The van der Waals surface area contributed by atoms with Crippen LogP contribution in [0, 0.1) is 12.3 Å². The second kappa shape index (κ2) is 5.16. The number of hydrogen-bond donors (Lipinski definition) is 0. The highest BCUT2D eigenvalue weighted by atomic mass is 31.2. The molecular weight excluding hydrogens is 207 g/mol. The minimum absolute atomic E-state index is 0.126. The molecule has 0 atom stereocenters. The lowest BCUT2D eigenvalue weighted by molar-refractivity contribution is -0.139. The van der Waals surface area contributed by atoms with Crippen LogP contribution in [0.3, 0.4) is 0 Å². The Bertz CT molecular complexity index is 283. The molecule has 6 heteroatoms. The van der Waals surface area contributed by atoms with E-state index in [1.807, 2.05) is 0 Å². The monoisotopic (exact) mass is 218 g/mol. The number of carbonyl (C=O) groups excluding carboxylic acids is 1. The first kappa shape index (κ1) is 11.3. The topological polar surface area (TPSA) is 61.8 Å². The largest absolute Gasteiger partial charge is 0.452 e. The minimum Gasteiger partial charge on any atom is -0.452 e. The molecule has 0 aromatic heterocycles. The van der Waals surface area contributed by atoms with Crippen LogP contribution in [0.25, 0.3) is 0 Å². The SMILES string of the molecule is C#CCOC(=O)CP1(=O)OCCCO1. The molecule has 14 heavy (non-hydrogen) atoms. The fourth-order valence-electron chi connectivity index (χ4n) is 0.921. The summed E-state index contributed by atoms with van der Waals surface area (Å²) in [6.07, 6.45) is 5.20. The van der Waals surface area contributed by atoms with Crippen LogP contribution in [0.5, 0.6) is 0 Å². The fraction of sp³-hybridized carbons (Fsp3) is 0.625. The Hall–Kier alpha value is -0.820. The van der Waals surface area contributed by atoms with Crippen LogP contribution < -0.4 is 0 Å². The molecular formula is C8H11O5P. The molecule has 0 aromatic rings. The molecule has 0 bridgehead atoms. The number of terminal acetylenes is 1. The molecule has 0 aromatic carbocycles. The standard InChI is InChI=1S/C8H11O5P/c1-2-4-11-8(9)7-14(10)12-5-3-6-13-14/h1H,3-7H2.